The van der Waals surface area contributed by atoms with Gasteiger partial charge in [-0.05, 0) is 11.5 Å². The molecule has 0 saturated heterocycles. The SMILES string of the molecule is COC(=N)c1snc(Cl)c1Cl. The van der Waals surface area contributed by atoms with Crippen molar-refractivity contribution in [3.8, 4) is 0 Å². The minimum Gasteiger partial charge on any atom is -0.480 e. The summed E-state index contributed by atoms with van der Waals surface area (Å²) in [6, 6.07) is 0. The Kier molecular flexibility index (Phi) is 2.70. The molecule has 0 aliphatic carbocycles. The number of ether oxygens (including phenoxy) is 1. The lowest BCUT2D eigenvalue weighted by Gasteiger charge is -1.96. The van der Waals surface area contributed by atoms with Crippen molar-refractivity contribution < 1.29 is 4.74 Å². The standard InChI is InChI=1S/C5H4Cl2N2OS/c1-10-5(8)3-2(6)4(7)9-11-3/h8H,1H3. The second kappa shape index (κ2) is 3.38. The van der Waals surface area contributed by atoms with Crippen LogP contribution < -0.4 is 0 Å². The van der Waals surface area contributed by atoms with Crippen LogP contribution >= 0.6 is 34.7 Å². The molecule has 0 aliphatic heterocycles. The molecule has 3 nitrogen and oxygen atoms in total. The van der Waals surface area contributed by atoms with Crippen molar-refractivity contribution >= 4 is 40.6 Å². The molecule has 6 heteroatoms. The summed E-state index contributed by atoms with van der Waals surface area (Å²) in [5, 5.41) is 7.73. The van der Waals surface area contributed by atoms with Gasteiger partial charge in [-0.25, -0.2) is 0 Å². The van der Waals surface area contributed by atoms with Crippen molar-refractivity contribution in [2.45, 2.75) is 0 Å². The van der Waals surface area contributed by atoms with Gasteiger partial charge in [0.15, 0.2) is 5.15 Å². The maximum atomic E-state index is 7.24. The molecule has 0 bridgehead atoms. The second-order valence-electron chi connectivity index (χ2n) is 1.65. The van der Waals surface area contributed by atoms with Crippen molar-refractivity contribution in [1.82, 2.24) is 4.37 Å². The van der Waals surface area contributed by atoms with Gasteiger partial charge in [-0.15, -0.1) is 0 Å². The Morgan fingerprint density at radius 2 is 2.27 bits per heavy atom. The highest BCUT2D eigenvalue weighted by Gasteiger charge is 2.13. The predicted octanol–water partition coefficient (Wildman–Crippen LogP) is 2.42. The molecule has 60 valence electrons. The van der Waals surface area contributed by atoms with Crippen LogP contribution in [0.4, 0.5) is 0 Å². The first kappa shape index (κ1) is 8.77. The zero-order valence-corrected chi connectivity index (χ0v) is 7.85. The molecule has 1 rings (SSSR count). The fraction of sp³-hybridized carbons (Fsp3) is 0.200. The molecule has 0 atom stereocenters. The van der Waals surface area contributed by atoms with Gasteiger partial charge in [0.1, 0.15) is 9.90 Å². The van der Waals surface area contributed by atoms with Crippen molar-refractivity contribution in [2.75, 3.05) is 7.11 Å². The van der Waals surface area contributed by atoms with Gasteiger partial charge in [0.2, 0.25) is 5.90 Å². The zero-order valence-electron chi connectivity index (χ0n) is 5.52. The van der Waals surface area contributed by atoms with E-state index in [9.17, 15) is 0 Å². The normalized spacial score (nSPS) is 9.73. The van der Waals surface area contributed by atoms with Crippen LogP contribution in [0.3, 0.4) is 0 Å². The van der Waals surface area contributed by atoms with E-state index in [0.717, 1.165) is 11.5 Å². The van der Waals surface area contributed by atoms with Gasteiger partial charge in [-0.1, -0.05) is 23.2 Å². The summed E-state index contributed by atoms with van der Waals surface area (Å²) in [6.07, 6.45) is 0. The van der Waals surface area contributed by atoms with Gasteiger partial charge >= 0.3 is 0 Å². The fourth-order valence-electron chi connectivity index (χ4n) is 0.493. The van der Waals surface area contributed by atoms with Crippen LogP contribution in [-0.2, 0) is 4.74 Å². The summed E-state index contributed by atoms with van der Waals surface area (Å²) < 4.78 is 8.38. The summed E-state index contributed by atoms with van der Waals surface area (Å²) in [7, 11) is 1.40. The Morgan fingerprint density at radius 1 is 1.64 bits per heavy atom. The van der Waals surface area contributed by atoms with E-state index in [-0.39, 0.29) is 16.1 Å². The molecule has 0 unspecified atom stereocenters. The number of nitrogens with zero attached hydrogens (tertiary/aromatic N) is 1. The molecule has 0 aliphatic rings. The van der Waals surface area contributed by atoms with Crippen LogP contribution in [-0.4, -0.2) is 17.4 Å². The lowest BCUT2D eigenvalue weighted by molar-refractivity contribution is 0.402. The first-order valence-corrected chi connectivity index (χ1v) is 4.13. The maximum Gasteiger partial charge on any atom is 0.226 e. The van der Waals surface area contributed by atoms with E-state index in [1.165, 1.54) is 7.11 Å². The van der Waals surface area contributed by atoms with E-state index >= 15 is 0 Å². The third-order valence-corrected chi connectivity index (χ3v) is 2.80. The summed E-state index contributed by atoms with van der Waals surface area (Å²) >= 11 is 12.3. The molecule has 0 spiro atoms. The molecule has 0 saturated carbocycles. The minimum absolute atomic E-state index is 0.0144. The lowest BCUT2D eigenvalue weighted by atomic mass is 10.5. The third kappa shape index (κ3) is 1.64. The number of aromatic nitrogens is 1. The largest absolute Gasteiger partial charge is 0.480 e. The van der Waals surface area contributed by atoms with Gasteiger partial charge in [0, 0.05) is 0 Å². The molecular formula is C5H4Cl2N2OS. The fourth-order valence-corrected chi connectivity index (χ4v) is 1.63. The molecule has 1 aromatic heterocycles. The van der Waals surface area contributed by atoms with Gasteiger partial charge in [0.25, 0.3) is 0 Å². The molecule has 1 aromatic rings. The van der Waals surface area contributed by atoms with Crippen LogP contribution in [0, 0.1) is 5.41 Å². The van der Waals surface area contributed by atoms with Gasteiger partial charge < -0.3 is 4.74 Å². The van der Waals surface area contributed by atoms with Crippen LogP contribution in [0.15, 0.2) is 0 Å². The number of rotatable bonds is 1. The topological polar surface area (TPSA) is 46.0 Å². The highest BCUT2D eigenvalue weighted by Crippen LogP contribution is 2.28. The summed E-state index contributed by atoms with van der Waals surface area (Å²) in [6.45, 7) is 0. The molecule has 11 heavy (non-hydrogen) atoms. The lowest BCUT2D eigenvalue weighted by Crippen LogP contribution is -1.98. The van der Waals surface area contributed by atoms with Gasteiger partial charge in [-0.2, -0.15) is 4.37 Å². The minimum atomic E-state index is -0.0144. The maximum absolute atomic E-state index is 7.24. The first-order valence-electron chi connectivity index (χ1n) is 2.60. The number of hydrogen-bond donors (Lipinski definition) is 1. The quantitative estimate of drug-likeness (QED) is 0.572. The molecule has 1 heterocycles. The van der Waals surface area contributed by atoms with Crippen molar-refractivity contribution in [3.05, 3.63) is 15.1 Å². The Balaban J connectivity index is 3.04. The average molecular weight is 211 g/mol. The van der Waals surface area contributed by atoms with Crippen LogP contribution in [0.2, 0.25) is 10.2 Å². The monoisotopic (exact) mass is 210 g/mol. The second-order valence-corrected chi connectivity index (χ2v) is 3.16. The van der Waals surface area contributed by atoms with Crippen molar-refractivity contribution in [3.63, 3.8) is 0 Å². The smallest absolute Gasteiger partial charge is 0.226 e. The van der Waals surface area contributed by atoms with Crippen LogP contribution in [0.1, 0.15) is 4.88 Å². The van der Waals surface area contributed by atoms with Crippen molar-refractivity contribution in [2.24, 2.45) is 0 Å². The highest BCUT2D eigenvalue weighted by atomic mass is 35.5. The first-order chi connectivity index (χ1) is 5.16. The number of nitrogens with one attached hydrogen (secondary N) is 1. The van der Waals surface area contributed by atoms with E-state index < -0.39 is 0 Å². The molecular weight excluding hydrogens is 207 g/mol. The summed E-state index contributed by atoms with van der Waals surface area (Å²) in [5.41, 5.74) is 0. The number of hydrogen-bond acceptors (Lipinski definition) is 4. The molecule has 0 radical (unpaired) electrons. The Bertz CT molecular complexity index is 286. The average Bonchev–Trinajstić information content (AvgIpc) is 2.32. The summed E-state index contributed by atoms with van der Waals surface area (Å²) in [4.78, 5) is 0.458. The van der Waals surface area contributed by atoms with Gasteiger partial charge in [0.05, 0.1) is 7.11 Å². The number of methoxy groups -OCH3 is 1. The predicted molar refractivity (Wildman–Crippen MR) is 46.0 cm³/mol. The van der Waals surface area contributed by atoms with Crippen LogP contribution in [0.5, 0.6) is 0 Å². The van der Waals surface area contributed by atoms with E-state index in [1.807, 2.05) is 0 Å². The molecule has 0 amide bonds. The van der Waals surface area contributed by atoms with Gasteiger partial charge in [-0.3, -0.25) is 5.41 Å². The van der Waals surface area contributed by atoms with Crippen LogP contribution in [0.25, 0.3) is 0 Å². The van der Waals surface area contributed by atoms with E-state index in [2.05, 4.69) is 9.11 Å². The third-order valence-electron chi connectivity index (χ3n) is 1.01. The Morgan fingerprint density at radius 3 is 2.64 bits per heavy atom. The van der Waals surface area contributed by atoms with E-state index in [1.54, 1.807) is 0 Å². The number of halogens is 2. The zero-order chi connectivity index (χ0) is 8.43. The van der Waals surface area contributed by atoms with E-state index in [0.29, 0.717) is 4.88 Å². The molecule has 1 N–H and O–H groups in total. The van der Waals surface area contributed by atoms with Crippen molar-refractivity contribution in [1.29, 1.82) is 5.41 Å². The van der Waals surface area contributed by atoms with E-state index in [4.69, 9.17) is 28.6 Å². The summed E-state index contributed by atoms with van der Waals surface area (Å²) in [5.74, 6) is -0.0144. The highest BCUT2D eigenvalue weighted by molar-refractivity contribution is 7.09. The Hall–Kier alpha value is -0.320. The molecule has 0 fully saturated rings. The molecule has 0 aromatic carbocycles. The Labute approximate surface area is 77.6 Å².